The fraction of sp³-hybridized carbons (Fsp3) is 0.409. The Morgan fingerprint density at radius 1 is 1.00 bits per heavy atom. The molecule has 5 heteroatoms. The van der Waals surface area contributed by atoms with Crippen LogP contribution in [0.3, 0.4) is 0 Å². The lowest BCUT2D eigenvalue weighted by Crippen LogP contribution is -2.50. The van der Waals surface area contributed by atoms with Gasteiger partial charge >= 0.3 is 6.03 Å². The summed E-state index contributed by atoms with van der Waals surface area (Å²) in [5.74, 6) is 0.733. The summed E-state index contributed by atoms with van der Waals surface area (Å²) in [5, 5.41) is 2.97. The van der Waals surface area contributed by atoms with Crippen LogP contribution in [0, 0.1) is 0 Å². The van der Waals surface area contributed by atoms with Crippen molar-refractivity contribution in [3.63, 3.8) is 0 Å². The fourth-order valence-electron chi connectivity index (χ4n) is 3.44. The van der Waals surface area contributed by atoms with Crippen LogP contribution in [0.5, 0.6) is 5.75 Å². The molecule has 0 aromatic heterocycles. The van der Waals surface area contributed by atoms with E-state index >= 15 is 0 Å². The van der Waals surface area contributed by atoms with E-state index in [1.165, 1.54) is 11.3 Å². The maximum Gasteiger partial charge on any atom is 0.321 e. The van der Waals surface area contributed by atoms with Gasteiger partial charge in [0.2, 0.25) is 0 Å². The highest BCUT2D eigenvalue weighted by atomic mass is 16.5. The number of carbonyl (C=O) groups excluding carboxylic acids is 1. The predicted molar refractivity (Wildman–Crippen MR) is 111 cm³/mol. The Kier molecular flexibility index (Phi) is 5.59. The quantitative estimate of drug-likeness (QED) is 0.877. The average Bonchev–Trinajstić information content (AvgIpc) is 2.67. The number of carbonyl (C=O) groups is 1. The van der Waals surface area contributed by atoms with Crippen LogP contribution in [0.2, 0.25) is 0 Å². The van der Waals surface area contributed by atoms with Gasteiger partial charge in [0, 0.05) is 43.6 Å². The highest BCUT2D eigenvalue weighted by molar-refractivity contribution is 5.89. The summed E-state index contributed by atoms with van der Waals surface area (Å²) in [5.41, 5.74) is 3.47. The third-order valence-corrected chi connectivity index (χ3v) is 4.94. The Bertz CT molecular complexity index is 790. The highest BCUT2D eigenvalue weighted by Gasteiger charge is 2.25. The van der Waals surface area contributed by atoms with Gasteiger partial charge in [0.1, 0.15) is 5.75 Å². The molecule has 1 fully saturated rings. The molecule has 0 unspecified atom stereocenters. The third kappa shape index (κ3) is 4.54. The second-order valence-electron chi connectivity index (χ2n) is 7.90. The number of ether oxygens (including phenoxy) is 1. The smallest absolute Gasteiger partial charge is 0.321 e. The van der Waals surface area contributed by atoms with E-state index in [1.807, 2.05) is 29.2 Å². The van der Waals surface area contributed by atoms with Gasteiger partial charge in [0.05, 0.1) is 7.11 Å². The molecule has 0 aliphatic carbocycles. The monoisotopic (exact) mass is 367 g/mol. The lowest BCUT2D eigenvalue weighted by Gasteiger charge is -2.38. The molecular formula is C22H29N3O2. The zero-order chi connectivity index (χ0) is 19.4. The summed E-state index contributed by atoms with van der Waals surface area (Å²) < 4.78 is 5.21. The second-order valence-corrected chi connectivity index (χ2v) is 7.90. The SMILES string of the molecule is COc1cccc(NC(=O)N2CCN(c3ccccc3C(C)(C)C)CC2)c1. The first kappa shape index (κ1) is 19.1. The molecule has 5 nitrogen and oxygen atoms in total. The minimum atomic E-state index is -0.0630. The van der Waals surface area contributed by atoms with Gasteiger partial charge in [-0.05, 0) is 29.2 Å². The van der Waals surface area contributed by atoms with E-state index in [0.29, 0.717) is 13.1 Å². The van der Waals surface area contributed by atoms with E-state index in [9.17, 15) is 4.79 Å². The lowest BCUT2D eigenvalue weighted by molar-refractivity contribution is 0.208. The van der Waals surface area contributed by atoms with Gasteiger partial charge in [0.25, 0.3) is 0 Å². The minimum absolute atomic E-state index is 0.0630. The molecule has 0 atom stereocenters. The number of urea groups is 1. The van der Waals surface area contributed by atoms with Crippen LogP contribution in [0.4, 0.5) is 16.2 Å². The Hall–Kier alpha value is -2.69. The molecule has 0 saturated carbocycles. The van der Waals surface area contributed by atoms with Gasteiger partial charge in [-0.3, -0.25) is 0 Å². The Balaban J connectivity index is 1.63. The first-order chi connectivity index (χ1) is 12.9. The molecule has 1 N–H and O–H groups in total. The summed E-state index contributed by atoms with van der Waals surface area (Å²) in [6.07, 6.45) is 0. The normalized spacial score (nSPS) is 14.8. The van der Waals surface area contributed by atoms with Crippen molar-refractivity contribution in [2.75, 3.05) is 43.5 Å². The zero-order valence-electron chi connectivity index (χ0n) is 16.7. The van der Waals surface area contributed by atoms with E-state index < -0.39 is 0 Å². The highest BCUT2D eigenvalue weighted by Crippen LogP contribution is 2.32. The van der Waals surface area contributed by atoms with Crippen LogP contribution in [0.1, 0.15) is 26.3 Å². The number of piperazine rings is 1. The Morgan fingerprint density at radius 3 is 2.37 bits per heavy atom. The van der Waals surface area contributed by atoms with Crippen molar-refractivity contribution in [1.29, 1.82) is 0 Å². The van der Waals surface area contributed by atoms with Crippen LogP contribution in [-0.4, -0.2) is 44.2 Å². The third-order valence-electron chi connectivity index (χ3n) is 4.94. The molecule has 0 spiro atoms. The first-order valence-corrected chi connectivity index (χ1v) is 9.43. The molecule has 0 radical (unpaired) electrons. The van der Waals surface area contributed by atoms with Crippen molar-refractivity contribution in [3.05, 3.63) is 54.1 Å². The first-order valence-electron chi connectivity index (χ1n) is 9.43. The molecular weight excluding hydrogens is 338 g/mol. The van der Waals surface area contributed by atoms with Crippen LogP contribution in [0.25, 0.3) is 0 Å². The molecule has 2 aromatic rings. The standard InChI is InChI=1S/C22H29N3O2/c1-22(2,3)19-10-5-6-11-20(19)24-12-14-25(15-13-24)21(26)23-17-8-7-9-18(16-17)27-4/h5-11,16H,12-15H2,1-4H3,(H,23,26). The van der Waals surface area contributed by atoms with Gasteiger partial charge < -0.3 is 19.9 Å². The number of methoxy groups -OCH3 is 1. The van der Waals surface area contributed by atoms with Gasteiger partial charge in [-0.15, -0.1) is 0 Å². The number of rotatable bonds is 3. The second kappa shape index (κ2) is 7.91. The predicted octanol–water partition coefficient (Wildman–Crippen LogP) is 4.35. The number of hydrogen-bond donors (Lipinski definition) is 1. The Morgan fingerprint density at radius 2 is 1.70 bits per heavy atom. The zero-order valence-corrected chi connectivity index (χ0v) is 16.7. The topological polar surface area (TPSA) is 44.8 Å². The van der Waals surface area contributed by atoms with Gasteiger partial charge in [0.15, 0.2) is 0 Å². The summed E-state index contributed by atoms with van der Waals surface area (Å²) in [6.45, 7) is 9.79. The maximum absolute atomic E-state index is 12.6. The molecule has 2 amide bonds. The van der Waals surface area contributed by atoms with Crippen LogP contribution < -0.4 is 15.0 Å². The number of anilines is 2. The van der Waals surface area contributed by atoms with Gasteiger partial charge in [-0.2, -0.15) is 0 Å². The number of para-hydroxylation sites is 1. The van der Waals surface area contributed by atoms with E-state index in [-0.39, 0.29) is 11.4 Å². The van der Waals surface area contributed by atoms with Crippen LogP contribution in [0.15, 0.2) is 48.5 Å². The fourth-order valence-corrected chi connectivity index (χ4v) is 3.44. The number of hydrogen-bond acceptors (Lipinski definition) is 3. The molecule has 1 heterocycles. The van der Waals surface area contributed by atoms with Crippen LogP contribution >= 0.6 is 0 Å². The lowest BCUT2D eigenvalue weighted by atomic mass is 9.85. The van der Waals surface area contributed by atoms with Crippen LogP contribution in [-0.2, 0) is 5.41 Å². The van der Waals surface area contributed by atoms with Crippen molar-refractivity contribution in [1.82, 2.24) is 4.90 Å². The summed E-state index contributed by atoms with van der Waals surface area (Å²) >= 11 is 0. The van der Waals surface area contributed by atoms with E-state index in [2.05, 4.69) is 55.3 Å². The summed E-state index contributed by atoms with van der Waals surface area (Å²) in [6, 6.07) is 15.9. The molecule has 2 aromatic carbocycles. The van der Waals surface area contributed by atoms with Crippen molar-refractivity contribution >= 4 is 17.4 Å². The molecule has 0 bridgehead atoms. The molecule has 1 saturated heterocycles. The molecule has 1 aliphatic rings. The average molecular weight is 367 g/mol. The maximum atomic E-state index is 12.6. The summed E-state index contributed by atoms with van der Waals surface area (Å²) in [4.78, 5) is 16.8. The Labute approximate surface area is 161 Å². The van der Waals surface area contributed by atoms with E-state index in [1.54, 1.807) is 7.11 Å². The molecule has 144 valence electrons. The van der Waals surface area contributed by atoms with E-state index in [4.69, 9.17) is 4.74 Å². The molecule has 27 heavy (non-hydrogen) atoms. The van der Waals surface area contributed by atoms with Gasteiger partial charge in [-0.25, -0.2) is 4.79 Å². The number of amides is 2. The minimum Gasteiger partial charge on any atom is -0.497 e. The number of nitrogens with zero attached hydrogens (tertiary/aromatic N) is 2. The molecule has 3 rings (SSSR count). The number of benzene rings is 2. The molecule has 1 aliphatic heterocycles. The van der Waals surface area contributed by atoms with Gasteiger partial charge in [-0.1, -0.05) is 45.0 Å². The van der Waals surface area contributed by atoms with E-state index in [0.717, 1.165) is 24.5 Å². The van der Waals surface area contributed by atoms with Crippen molar-refractivity contribution in [2.45, 2.75) is 26.2 Å². The summed E-state index contributed by atoms with van der Waals surface area (Å²) in [7, 11) is 1.62. The van der Waals surface area contributed by atoms with Crippen molar-refractivity contribution in [2.24, 2.45) is 0 Å². The largest absolute Gasteiger partial charge is 0.497 e. The van der Waals surface area contributed by atoms with Crippen molar-refractivity contribution < 1.29 is 9.53 Å². The van der Waals surface area contributed by atoms with Crippen molar-refractivity contribution in [3.8, 4) is 5.75 Å². The number of nitrogens with one attached hydrogen (secondary N) is 1.